The molecule has 130 valence electrons. The molecule has 1 saturated heterocycles. The summed E-state index contributed by atoms with van der Waals surface area (Å²) in [6.07, 6.45) is 0.0991. The predicted octanol–water partition coefficient (Wildman–Crippen LogP) is 2.76. The Bertz CT molecular complexity index is 802. The number of anilines is 2. The van der Waals surface area contributed by atoms with Gasteiger partial charge in [-0.15, -0.1) is 0 Å². The van der Waals surface area contributed by atoms with Crippen LogP contribution in [0, 0.1) is 6.92 Å². The first kappa shape index (κ1) is 16.8. The zero-order chi connectivity index (χ0) is 18.0. The number of methoxy groups -OCH3 is 2. The van der Waals surface area contributed by atoms with Gasteiger partial charge in [-0.1, -0.05) is 17.7 Å². The van der Waals surface area contributed by atoms with E-state index in [-0.39, 0.29) is 18.2 Å². The maximum absolute atomic E-state index is 12.8. The third kappa shape index (κ3) is 3.28. The van der Waals surface area contributed by atoms with E-state index in [1.807, 2.05) is 31.2 Å². The van der Waals surface area contributed by atoms with Crippen LogP contribution >= 0.6 is 0 Å². The fourth-order valence-electron chi connectivity index (χ4n) is 2.82. The molecule has 0 spiro atoms. The molecule has 1 atom stereocenters. The smallest absolute Gasteiger partial charge is 0.256 e. The number of nitrogens with zero attached hydrogens (tertiary/aromatic N) is 1. The molecule has 1 fully saturated rings. The summed E-state index contributed by atoms with van der Waals surface area (Å²) in [5, 5.41) is 3.13. The van der Waals surface area contributed by atoms with E-state index in [9.17, 15) is 9.59 Å². The molecule has 3 rings (SSSR count). The number of benzene rings is 2. The molecule has 6 heteroatoms. The molecule has 0 unspecified atom stereocenters. The zero-order valence-electron chi connectivity index (χ0n) is 14.4. The lowest BCUT2D eigenvalue weighted by atomic mass is 10.2. The van der Waals surface area contributed by atoms with E-state index >= 15 is 0 Å². The van der Waals surface area contributed by atoms with E-state index in [1.54, 1.807) is 25.3 Å². The van der Waals surface area contributed by atoms with Crippen LogP contribution in [0.5, 0.6) is 11.5 Å². The monoisotopic (exact) mass is 340 g/mol. The largest absolute Gasteiger partial charge is 0.497 e. The van der Waals surface area contributed by atoms with Crippen molar-refractivity contribution >= 4 is 23.2 Å². The molecule has 0 saturated carbocycles. The minimum Gasteiger partial charge on any atom is -0.497 e. The van der Waals surface area contributed by atoms with Gasteiger partial charge in [0, 0.05) is 11.8 Å². The number of carbonyl (C=O) groups excluding carboxylic acids is 2. The van der Waals surface area contributed by atoms with Crippen LogP contribution in [0.15, 0.2) is 42.5 Å². The van der Waals surface area contributed by atoms with Crippen LogP contribution in [0.3, 0.4) is 0 Å². The van der Waals surface area contributed by atoms with E-state index in [0.29, 0.717) is 17.2 Å². The Labute approximate surface area is 146 Å². The minimum atomic E-state index is -0.595. The maximum Gasteiger partial charge on any atom is 0.256 e. The summed E-state index contributed by atoms with van der Waals surface area (Å²) in [4.78, 5) is 26.4. The first-order chi connectivity index (χ1) is 12.0. The minimum absolute atomic E-state index is 0.0991. The van der Waals surface area contributed by atoms with Crippen molar-refractivity contribution in [2.24, 2.45) is 0 Å². The molecule has 1 aliphatic rings. The highest BCUT2D eigenvalue weighted by Gasteiger charge is 2.40. The van der Waals surface area contributed by atoms with Crippen LogP contribution in [-0.2, 0) is 9.59 Å². The van der Waals surface area contributed by atoms with Crippen molar-refractivity contribution in [3.8, 4) is 11.5 Å². The molecule has 1 N–H and O–H groups in total. The van der Waals surface area contributed by atoms with E-state index in [0.717, 1.165) is 11.3 Å². The van der Waals surface area contributed by atoms with Crippen molar-refractivity contribution in [1.29, 1.82) is 0 Å². The van der Waals surface area contributed by atoms with Gasteiger partial charge in [0.25, 0.3) is 5.91 Å². The molecular formula is C19H20N2O4. The number of rotatable bonds is 5. The highest BCUT2D eigenvalue weighted by molar-refractivity contribution is 6.23. The molecule has 0 aromatic heterocycles. The topological polar surface area (TPSA) is 67.9 Å². The molecule has 1 aliphatic heterocycles. The van der Waals surface area contributed by atoms with Gasteiger partial charge in [0.15, 0.2) is 0 Å². The van der Waals surface area contributed by atoms with Crippen LogP contribution in [0.1, 0.15) is 12.0 Å². The molecule has 0 aliphatic carbocycles. The van der Waals surface area contributed by atoms with Gasteiger partial charge in [0.05, 0.1) is 26.3 Å². The van der Waals surface area contributed by atoms with Gasteiger partial charge in [0.1, 0.15) is 17.5 Å². The summed E-state index contributed by atoms with van der Waals surface area (Å²) < 4.78 is 10.5. The number of nitrogens with one attached hydrogen (secondary N) is 1. The number of imide groups is 1. The molecule has 1 heterocycles. The third-order valence-electron chi connectivity index (χ3n) is 4.17. The molecule has 6 nitrogen and oxygen atoms in total. The van der Waals surface area contributed by atoms with Crippen LogP contribution in [0.2, 0.25) is 0 Å². The van der Waals surface area contributed by atoms with Gasteiger partial charge in [-0.3, -0.25) is 9.59 Å². The fourth-order valence-corrected chi connectivity index (χ4v) is 2.82. The van der Waals surface area contributed by atoms with Crippen LogP contribution in [0.25, 0.3) is 0 Å². The van der Waals surface area contributed by atoms with Gasteiger partial charge < -0.3 is 14.8 Å². The second-order valence-corrected chi connectivity index (χ2v) is 5.87. The molecule has 0 radical (unpaired) electrons. The fraction of sp³-hybridized carbons (Fsp3) is 0.263. The van der Waals surface area contributed by atoms with E-state index in [1.165, 1.54) is 12.0 Å². The quantitative estimate of drug-likeness (QED) is 0.848. The summed E-state index contributed by atoms with van der Waals surface area (Å²) in [5.41, 5.74) is 2.36. The Hall–Kier alpha value is -3.02. The highest BCUT2D eigenvalue weighted by Crippen LogP contribution is 2.35. The number of aryl methyl sites for hydroxylation is 1. The Kier molecular flexibility index (Phi) is 4.61. The predicted molar refractivity (Wildman–Crippen MR) is 95.2 cm³/mol. The summed E-state index contributed by atoms with van der Waals surface area (Å²) in [7, 11) is 3.04. The molecule has 25 heavy (non-hydrogen) atoms. The van der Waals surface area contributed by atoms with Gasteiger partial charge in [-0.05, 0) is 31.2 Å². The number of carbonyl (C=O) groups is 2. The van der Waals surface area contributed by atoms with E-state index in [2.05, 4.69) is 5.32 Å². The average Bonchev–Trinajstić information content (AvgIpc) is 2.90. The molecule has 2 amide bonds. The lowest BCUT2D eigenvalue weighted by molar-refractivity contribution is -0.121. The number of hydrogen-bond donors (Lipinski definition) is 1. The number of amides is 2. The van der Waals surface area contributed by atoms with Crippen molar-refractivity contribution in [3.63, 3.8) is 0 Å². The van der Waals surface area contributed by atoms with Gasteiger partial charge >= 0.3 is 0 Å². The number of hydrogen-bond acceptors (Lipinski definition) is 5. The standard InChI is InChI=1S/C19H20N2O4/c1-12-4-6-13(7-5-12)20-15-11-18(22)21(19(15)23)16-9-8-14(24-2)10-17(16)25-3/h4-10,15,20H,11H2,1-3H3/t15-/m0/s1. The summed E-state index contributed by atoms with van der Waals surface area (Å²) in [5.74, 6) is 0.443. The van der Waals surface area contributed by atoms with Gasteiger partial charge in [-0.2, -0.15) is 0 Å². The maximum atomic E-state index is 12.8. The molecular weight excluding hydrogens is 320 g/mol. The summed E-state index contributed by atoms with van der Waals surface area (Å²) >= 11 is 0. The van der Waals surface area contributed by atoms with Crippen LogP contribution < -0.4 is 19.7 Å². The molecule has 0 bridgehead atoms. The Morgan fingerprint density at radius 3 is 2.40 bits per heavy atom. The Morgan fingerprint density at radius 2 is 1.76 bits per heavy atom. The van der Waals surface area contributed by atoms with E-state index < -0.39 is 6.04 Å². The van der Waals surface area contributed by atoms with Crippen LogP contribution in [0.4, 0.5) is 11.4 Å². The lowest BCUT2D eigenvalue weighted by Crippen LogP contribution is -2.35. The summed E-state index contributed by atoms with van der Waals surface area (Å²) in [6.45, 7) is 1.99. The average molecular weight is 340 g/mol. The van der Waals surface area contributed by atoms with Crippen molar-refractivity contribution in [1.82, 2.24) is 0 Å². The molecule has 2 aromatic carbocycles. The zero-order valence-corrected chi connectivity index (χ0v) is 14.4. The molecule has 2 aromatic rings. The second kappa shape index (κ2) is 6.84. The van der Waals surface area contributed by atoms with E-state index in [4.69, 9.17) is 9.47 Å². The SMILES string of the molecule is COc1ccc(N2C(=O)C[C@H](Nc3ccc(C)cc3)C2=O)c(OC)c1. The van der Waals surface area contributed by atoms with Crippen molar-refractivity contribution in [3.05, 3.63) is 48.0 Å². The van der Waals surface area contributed by atoms with Crippen LogP contribution in [-0.4, -0.2) is 32.1 Å². The van der Waals surface area contributed by atoms with Gasteiger partial charge in [-0.25, -0.2) is 4.90 Å². The third-order valence-corrected chi connectivity index (χ3v) is 4.17. The first-order valence-electron chi connectivity index (χ1n) is 7.95. The normalized spacial score (nSPS) is 16.9. The Balaban J connectivity index is 1.85. The lowest BCUT2D eigenvalue weighted by Gasteiger charge is -2.19. The van der Waals surface area contributed by atoms with Crippen molar-refractivity contribution in [2.75, 3.05) is 24.4 Å². The second-order valence-electron chi connectivity index (χ2n) is 5.87. The number of ether oxygens (including phenoxy) is 2. The van der Waals surface area contributed by atoms with Gasteiger partial charge in [0.2, 0.25) is 5.91 Å². The summed E-state index contributed by atoms with van der Waals surface area (Å²) in [6, 6.07) is 12.1. The van der Waals surface area contributed by atoms with Crippen molar-refractivity contribution in [2.45, 2.75) is 19.4 Å². The van der Waals surface area contributed by atoms with Crippen molar-refractivity contribution < 1.29 is 19.1 Å². The Morgan fingerprint density at radius 1 is 1.04 bits per heavy atom. The highest BCUT2D eigenvalue weighted by atomic mass is 16.5. The first-order valence-corrected chi connectivity index (χ1v) is 7.95.